The Bertz CT molecular complexity index is 604. The number of hydrogen-bond donors (Lipinski definition) is 1. The lowest BCUT2D eigenvalue weighted by Gasteiger charge is -2.17. The molecule has 0 fully saturated rings. The highest BCUT2D eigenvalue weighted by atomic mass is 79.9. The average molecular weight is 347 g/mol. The molecule has 1 N–H and O–H groups in total. The van der Waals surface area contributed by atoms with Crippen LogP contribution in [-0.4, -0.2) is 0 Å². The van der Waals surface area contributed by atoms with Gasteiger partial charge in [0.15, 0.2) is 0 Å². The van der Waals surface area contributed by atoms with Gasteiger partial charge >= 0.3 is 0 Å². The molecule has 1 unspecified atom stereocenters. The maximum absolute atomic E-state index is 13.6. The Morgan fingerprint density at radius 2 is 1.89 bits per heavy atom. The third-order valence-electron chi connectivity index (χ3n) is 2.73. The summed E-state index contributed by atoms with van der Waals surface area (Å²) in [5, 5.41) is 3.71. The minimum atomic E-state index is -0.458. The third kappa shape index (κ3) is 3.45. The van der Waals surface area contributed by atoms with E-state index in [-0.39, 0.29) is 11.6 Å². The summed E-state index contributed by atoms with van der Waals surface area (Å²) in [5.74, 6) is -0.897. The van der Waals surface area contributed by atoms with Gasteiger partial charge in [-0.05, 0) is 59.3 Å². The Hall–Kier alpha value is -1.13. The first-order valence-electron chi connectivity index (χ1n) is 5.64. The topological polar surface area (TPSA) is 12.0 Å². The van der Waals surface area contributed by atoms with E-state index in [1.165, 1.54) is 6.07 Å². The van der Waals surface area contributed by atoms with Crippen LogP contribution in [0.15, 0.2) is 40.9 Å². The van der Waals surface area contributed by atoms with Crippen LogP contribution in [0.25, 0.3) is 0 Å². The van der Waals surface area contributed by atoms with Crippen LogP contribution in [0.2, 0.25) is 5.02 Å². The van der Waals surface area contributed by atoms with Crippen molar-refractivity contribution in [3.05, 3.63) is 63.1 Å². The summed E-state index contributed by atoms with van der Waals surface area (Å²) in [6.45, 7) is 1.76. The van der Waals surface area contributed by atoms with E-state index in [1.54, 1.807) is 25.1 Å². The molecule has 2 rings (SSSR count). The second-order valence-electron chi connectivity index (χ2n) is 4.16. The minimum Gasteiger partial charge on any atom is -0.377 e. The first kappa shape index (κ1) is 14.3. The van der Waals surface area contributed by atoms with Crippen molar-refractivity contribution in [3.63, 3.8) is 0 Å². The number of anilines is 1. The lowest BCUT2D eigenvalue weighted by molar-refractivity contribution is 0.577. The minimum absolute atomic E-state index is 0.279. The van der Waals surface area contributed by atoms with Crippen LogP contribution in [-0.2, 0) is 0 Å². The number of rotatable bonds is 3. The zero-order valence-corrected chi connectivity index (χ0v) is 12.4. The van der Waals surface area contributed by atoms with Gasteiger partial charge in [-0.25, -0.2) is 8.78 Å². The molecule has 0 amide bonds. The summed E-state index contributed by atoms with van der Waals surface area (Å²) < 4.78 is 27.6. The van der Waals surface area contributed by atoms with E-state index >= 15 is 0 Å². The molecule has 0 aliphatic carbocycles. The summed E-state index contributed by atoms with van der Waals surface area (Å²) in [4.78, 5) is 0. The smallest absolute Gasteiger partial charge is 0.128 e. The van der Waals surface area contributed by atoms with Gasteiger partial charge in [0.2, 0.25) is 0 Å². The van der Waals surface area contributed by atoms with Crippen LogP contribution in [0.5, 0.6) is 0 Å². The van der Waals surface area contributed by atoms with Gasteiger partial charge in [0.25, 0.3) is 0 Å². The molecule has 0 radical (unpaired) electrons. The van der Waals surface area contributed by atoms with Gasteiger partial charge in [0.05, 0.1) is 6.04 Å². The Labute approximate surface area is 123 Å². The largest absolute Gasteiger partial charge is 0.377 e. The Morgan fingerprint density at radius 3 is 2.58 bits per heavy atom. The van der Waals surface area contributed by atoms with E-state index in [0.717, 1.165) is 22.3 Å². The molecule has 0 heterocycles. The molecule has 0 aliphatic heterocycles. The highest BCUT2D eigenvalue weighted by molar-refractivity contribution is 9.10. The first-order valence-corrected chi connectivity index (χ1v) is 6.81. The van der Waals surface area contributed by atoms with Crippen molar-refractivity contribution in [1.82, 2.24) is 0 Å². The third-order valence-corrected chi connectivity index (χ3v) is 3.62. The van der Waals surface area contributed by atoms with Crippen molar-refractivity contribution >= 4 is 33.2 Å². The normalized spacial score (nSPS) is 12.3. The van der Waals surface area contributed by atoms with Gasteiger partial charge in [0.1, 0.15) is 11.6 Å². The second kappa shape index (κ2) is 5.88. The average Bonchev–Trinajstić information content (AvgIpc) is 2.35. The number of hydrogen-bond acceptors (Lipinski definition) is 1. The molecule has 100 valence electrons. The quantitative estimate of drug-likeness (QED) is 0.768. The molecule has 5 heteroatoms. The first-order chi connectivity index (χ1) is 8.97. The molecule has 0 aliphatic rings. The molecular formula is C14H11BrClF2N. The molecule has 0 aromatic heterocycles. The summed E-state index contributed by atoms with van der Waals surface area (Å²) >= 11 is 9.22. The highest BCUT2D eigenvalue weighted by Gasteiger charge is 2.13. The van der Waals surface area contributed by atoms with E-state index in [0.29, 0.717) is 5.02 Å². The van der Waals surface area contributed by atoms with Crippen molar-refractivity contribution in [1.29, 1.82) is 0 Å². The van der Waals surface area contributed by atoms with Gasteiger partial charge < -0.3 is 5.32 Å². The maximum atomic E-state index is 13.6. The molecule has 19 heavy (non-hydrogen) atoms. The van der Waals surface area contributed by atoms with Crippen molar-refractivity contribution in [2.75, 3.05) is 5.32 Å². The maximum Gasteiger partial charge on any atom is 0.128 e. The number of nitrogens with one attached hydrogen (secondary N) is 1. The fourth-order valence-corrected chi connectivity index (χ4v) is 2.56. The molecule has 1 atom stereocenters. The molecule has 0 spiro atoms. The number of halogens is 4. The van der Waals surface area contributed by atoms with Gasteiger partial charge in [-0.15, -0.1) is 0 Å². The summed E-state index contributed by atoms with van der Waals surface area (Å²) in [6.07, 6.45) is 0. The van der Waals surface area contributed by atoms with Gasteiger partial charge in [-0.2, -0.15) is 0 Å². The van der Waals surface area contributed by atoms with Crippen molar-refractivity contribution in [3.8, 4) is 0 Å². The molecule has 1 nitrogen and oxygen atoms in total. The molecule has 2 aromatic rings. The zero-order valence-electron chi connectivity index (χ0n) is 10.1. The van der Waals surface area contributed by atoms with Crippen molar-refractivity contribution < 1.29 is 8.78 Å². The summed E-state index contributed by atoms with van der Waals surface area (Å²) in [7, 11) is 0. The lowest BCUT2D eigenvalue weighted by atomic mass is 10.1. The van der Waals surface area contributed by atoms with Crippen LogP contribution < -0.4 is 5.32 Å². The van der Waals surface area contributed by atoms with Crippen LogP contribution in [0.3, 0.4) is 0 Å². The highest BCUT2D eigenvalue weighted by Crippen LogP contribution is 2.30. The Balaban J connectivity index is 2.25. The fraction of sp³-hybridized carbons (Fsp3) is 0.143. The standard InChI is InChI=1S/C14H11BrClF2N/c1-8(11-7-10(17)3-4-13(11)18)19-14-5-2-9(16)6-12(14)15/h2-8,19H,1H3. The van der Waals surface area contributed by atoms with Crippen LogP contribution in [0.1, 0.15) is 18.5 Å². The molecule has 0 saturated heterocycles. The number of benzene rings is 2. The monoisotopic (exact) mass is 345 g/mol. The molecule has 2 aromatic carbocycles. The Morgan fingerprint density at radius 1 is 1.16 bits per heavy atom. The van der Waals surface area contributed by atoms with E-state index in [1.807, 2.05) is 0 Å². The van der Waals surface area contributed by atoms with E-state index in [9.17, 15) is 8.78 Å². The molecule has 0 saturated carbocycles. The van der Waals surface area contributed by atoms with E-state index < -0.39 is 11.6 Å². The lowest BCUT2D eigenvalue weighted by Crippen LogP contribution is -2.09. The van der Waals surface area contributed by atoms with Gasteiger partial charge in [0, 0.05) is 20.7 Å². The predicted molar refractivity (Wildman–Crippen MR) is 77.5 cm³/mol. The van der Waals surface area contributed by atoms with Gasteiger partial charge in [-0.1, -0.05) is 11.6 Å². The Kier molecular flexibility index (Phi) is 4.42. The SMILES string of the molecule is CC(Nc1ccc(Cl)cc1Br)c1cc(F)ccc1F. The van der Waals surface area contributed by atoms with Crippen LogP contribution >= 0.6 is 27.5 Å². The second-order valence-corrected chi connectivity index (χ2v) is 5.45. The van der Waals surface area contributed by atoms with Crippen LogP contribution in [0, 0.1) is 11.6 Å². The summed E-state index contributed by atoms with van der Waals surface area (Å²) in [5.41, 5.74) is 1.04. The van der Waals surface area contributed by atoms with Crippen molar-refractivity contribution in [2.24, 2.45) is 0 Å². The van der Waals surface area contributed by atoms with Crippen LogP contribution in [0.4, 0.5) is 14.5 Å². The summed E-state index contributed by atoms with van der Waals surface area (Å²) in [6, 6.07) is 8.29. The van der Waals surface area contributed by atoms with Crippen molar-refractivity contribution in [2.45, 2.75) is 13.0 Å². The van der Waals surface area contributed by atoms with Gasteiger partial charge in [-0.3, -0.25) is 0 Å². The molecular weight excluding hydrogens is 336 g/mol. The predicted octanol–water partition coefficient (Wildman–Crippen LogP) is 5.55. The van der Waals surface area contributed by atoms with E-state index in [2.05, 4.69) is 21.2 Å². The molecule has 0 bridgehead atoms. The zero-order chi connectivity index (χ0) is 14.0. The fourth-order valence-electron chi connectivity index (χ4n) is 1.76. The van der Waals surface area contributed by atoms with E-state index in [4.69, 9.17) is 11.6 Å².